The Kier molecular flexibility index (Phi) is 6.08. The fourth-order valence-corrected chi connectivity index (χ4v) is 2.97. The van der Waals surface area contributed by atoms with Crippen molar-refractivity contribution in [1.82, 2.24) is 5.32 Å². The highest BCUT2D eigenvalue weighted by atomic mass is 32.2. The molecule has 22 heavy (non-hydrogen) atoms. The van der Waals surface area contributed by atoms with Crippen molar-refractivity contribution in [3.05, 3.63) is 65.7 Å². The smallest absolute Gasteiger partial charge is 0.252 e. The van der Waals surface area contributed by atoms with E-state index in [1.54, 1.807) is 11.8 Å². The van der Waals surface area contributed by atoms with Gasteiger partial charge in [0.15, 0.2) is 0 Å². The maximum atomic E-state index is 12.5. The molecule has 2 aromatic carbocycles. The van der Waals surface area contributed by atoms with Gasteiger partial charge in [-0.05, 0) is 30.5 Å². The molecule has 2 nitrogen and oxygen atoms in total. The van der Waals surface area contributed by atoms with Crippen LogP contribution in [-0.2, 0) is 5.75 Å². The second kappa shape index (κ2) is 8.04. The Morgan fingerprint density at radius 2 is 1.64 bits per heavy atom. The van der Waals surface area contributed by atoms with E-state index in [2.05, 4.69) is 31.3 Å². The van der Waals surface area contributed by atoms with Gasteiger partial charge in [-0.2, -0.15) is 0 Å². The molecular weight excluding hydrogens is 290 g/mol. The van der Waals surface area contributed by atoms with Crippen LogP contribution in [0.3, 0.4) is 0 Å². The van der Waals surface area contributed by atoms with E-state index >= 15 is 0 Å². The largest absolute Gasteiger partial charge is 0.349 e. The summed E-state index contributed by atoms with van der Waals surface area (Å²) in [6.45, 7) is 6.27. The van der Waals surface area contributed by atoms with Crippen molar-refractivity contribution in [2.45, 2.75) is 37.5 Å². The highest BCUT2D eigenvalue weighted by molar-refractivity contribution is 7.98. The molecule has 0 aliphatic heterocycles. The van der Waals surface area contributed by atoms with Crippen molar-refractivity contribution < 1.29 is 4.79 Å². The second-order valence-corrected chi connectivity index (χ2v) is 6.79. The van der Waals surface area contributed by atoms with Crippen molar-refractivity contribution in [3.8, 4) is 0 Å². The van der Waals surface area contributed by atoms with Gasteiger partial charge < -0.3 is 5.32 Å². The van der Waals surface area contributed by atoms with Crippen molar-refractivity contribution >= 4 is 17.7 Å². The molecule has 0 aromatic heterocycles. The average molecular weight is 313 g/mol. The number of amides is 1. The third kappa shape index (κ3) is 4.63. The molecule has 0 aliphatic carbocycles. The minimum atomic E-state index is 0.0114. The zero-order valence-electron chi connectivity index (χ0n) is 13.4. The predicted octanol–water partition coefficient (Wildman–Crippen LogP) is 4.75. The lowest BCUT2D eigenvalue weighted by molar-refractivity contribution is 0.0927. The molecular formula is C19H23NOS. The average Bonchev–Trinajstić information content (AvgIpc) is 2.54. The quantitative estimate of drug-likeness (QED) is 0.780. The molecule has 0 saturated heterocycles. The summed E-state index contributed by atoms with van der Waals surface area (Å²) in [6.07, 6.45) is 0. The van der Waals surface area contributed by atoms with Gasteiger partial charge in [-0.15, -0.1) is 11.8 Å². The molecule has 1 N–H and O–H groups in total. The molecule has 0 fully saturated rings. The number of benzene rings is 2. The first-order valence-corrected chi connectivity index (χ1v) is 8.63. The first kappa shape index (κ1) is 16.6. The van der Waals surface area contributed by atoms with Crippen molar-refractivity contribution in [2.75, 3.05) is 0 Å². The molecule has 1 atom stereocenters. The number of nitrogens with one attached hydrogen (secondary N) is 1. The Balaban J connectivity index is 2.08. The Bertz CT molecular complexity index is 610. The van der Waals surface area contributed by atoms with Crippen LogP contribution >= 0.6 is 11.8 Å². The highest BCUT2D eigenvalue weighted by Gasteiger charge is 2.15. The maximum absolute atomic E-state index is 12.5. The number of carbonyl (C=O) groups excluding carboxylic acids is 1. The van der Waals surface area contributed by atoms with Gasteiger partial charge in [0, 0.05) is 16.7 Å². The van der Waals surface area contributed by atoms with Crippen LogP contribution in [0.25, 0.3) is 0 Å². The molecule has 2 rings (SSSR count). The van der Waals surface area contributed by atoms with E-state index in [9.17, 15) is 4.79 Å². The van der Waals surface area contributed by atoms with Crippen molar-refractivity contribution in [3.63, 3.8) is 0 Å². The van der Waals surface area contributed by atoms with Crippen LogP contribution in [0.15, 0.2) is 59.5 Å². The maximum Gasteiger partial charge on any atom is 0.252 e. The van der Waals surface area contributed by atoms with E-state index in [1.165, 1.54) is 5.56 Å². The Morgan fingerprint density at radius 1 is 1.00 bits per heavy atom. The first-order valence-electron chi connectivity index (χ1n) is 7.64. The minimum Gasteiger partial charge on any atom is -0.349 e. The van der Waals surface area contributed by atoms with Crippen LogP contribution in [0.5, 0.6) is 0 Å². The fourth-order valence-electron chi connectivity index (χ4n) is 1.97. The van der Waals surface area contributed by atoms with Crippen LogP contribution in [-0.4, -0.2) is 11.9 Å². The van der Waals surface area contributed by atoms with Gasteiger partial charge >= 0.3 is 0 Å². The normalized spacial score (nSPS) is 12.2. The summed E-state index contributed by atoms with van der Waals surface area (Å²) in [4.78, 5) is 13.5. The molecule has 0 saturated carbocycles. The molecule has 0 unspecified atom stereocenters. The molecule has 0 radical (unpaired) electrons. The van der Waals surface area contributed by atoms with E-state index < -0.39 is 0 Å². The van der Waals surface area contributed by atoms with E-state index in [-0.39, 0.29) is 11.9 Å². The SMILES string of the molecule is CC(C)[C@@H](C)NC(=O)c1ccccc1SCc1ccccc1. The van der Waals surface area contributed by atoms with Gasteiger partial charge in [-0.1, -0.05) is 56.3 Å². The summed E-state index contributed by atoms with van der Waals surface area (Å²) >= 11 is 1.70. The third-order valence-electron chi connectivity index (χ3n) is 3.73. The summed E-state index contributed by atoms with van der Waals surface area (Å²) in [6, 6.07) is 18.3. The third-order valence-corrected chi connectivity index (χ3v) is 4.87. The Hall–Kier alpha value is -1.74. The van der Waals surface area contributed by atoms with Crippen LogP contribution in [0, 0.1) is 5.92 Å². The second-order valence-electron chi connectivity index (χ2n) is 5.78. The topological polar surface area (TPSA) is 29.1 Å². The first-order chi connectivity index (χ1) is 10.6. The number of thioether (sulfide) groups is 1. The zero-order valence-corrected chi connectivity index (χ0v) is 14.2. The number of hydrogen-bond acceptors (Lipinski definition) is 2. The van der Waals surface area contributed by atoms with Gasteiger partial charge in [0.25, 0.3) is 5.91 Å². The van der Waals surface area contributed by atoms with Crippen LogP contribution in [0.1, 0.15) is 36.7 Å². The molecule has 116 valence electrons. The minimum absolute atomic E-state index is 0.0114. The van der Waals surface area contributed by atoms with Crippen molar-refractivity contribution in [1.29, 1.82) is 0 Å². The standard InChI is InChI=1S/C19H23NOS/c1-14(2)15(3)20-19(21)17-11-7-8-12-18(17)22-13-16-9-5-4-6-10-16/h4-12,14-15H,13H2,1-3H3,(H,20,21)/t15-/m1/s1. The van der Waals surface area contributed by atoms with Crippen LogP contribution in [0.2, 0.25) is 0 Å². The molecule has 3 heteroatoms. The van der Waals surface area contributed by atoms with E-state index in [0.717, 1.165) is 16.2 Å². The van der Waals surface area contributed by atoms with Crippen LogP contribution in [0.4, 0.5) is 0 Å². The molecule has 0 aliphatic rings. The molecule has 0 spiro atoms. The number of hydrogen-bond donors (Lipinski definition) is 1. The van der Waals surface area contributed by atoms with Crippen molar-refractivity contribution in [2.24, 2.45) is 5.92 Å². The monoisotopic (exact) mass is 313 g/mol. The van der Waals surface area contributed by atoms with Gasteiger partial charge in [-0.25, -0.2) is 0 Å². The van der Waals surface area contributed by atoms with Gasteiger partial charge in [0.1, 0.15) is 0 Å². The van der Waals surface area contributed by atoms with E-state index in [4.69, 9.17) is 0 Å². The summed E-state index contributed by atoms with van der Waals surface area (Å²) in [7, 11) is 0. The number of carbonyl (C=O) groups is 1. The lowest BCUT2D eigenvalue weighted by atomic mass is 10.1. The number of rotatable bonds is 6. The highest BCUT2D eigenvalue weighted by Crippen LogP contribution is 2.26. The molecule has 0 bridgehead atoms. The lowest BCUT2D eigenvalue weighted by Gasteiger charge is -2.18. The molecule has 1 amide bonds. The van der Waals surface area contributed by atoms with E-state index in [1.807, 2.05) is 49.4 Å². The van der Waals surface area contributed by atoms with E-state index in [0.29, 0.717) is 5.92 Å². The fraction of sp³-hybridized carbons (Fsp3) is 0.316. The Labute approximate surface area is 137 Å². The van der Waals surface area contributed by atoms with Gasteiger partial charge in [-0.3, -0.25) is 4.79 Å². The van der Waals surface area contributed by atoms with Gasteiger partial charge in [0.05, 0.1) is 5.56 Å². The Morgan fingerprint density at radius 3 is 2.32 bits per heavy atom. The molecule has 0 heterocycles. The summed E-state index contributed by atoms with van der Waals surface area (Å²) in [5.41, 5.74) is 2.02. The summed E-state index contributed by atoms with van der Waals surface area (Å²) in [5.74, 6) is 1.30. The summed E-state index contributed by atoms with van der Waals surface area (Å²) < 4.78 is 0. The lowest BCUT2D eigenvalue weighted by Crippen LogP contribution is -2.36. The zero-order chi connectivity index (χ0) is 15.9. The van der Waals surface area contributed by atoms with Gasteiger partial charge in [0.2, 0.25) is 0 Å². The van der Waals surface area contributed by atoms with Crippen LogP contribution < -0.4 is 5.32 Å². The molecule has 2 aromatic rings. The summed E-state index contributed by atoms with van der Waals surface area (Å²) in [5, 5.41) is 3.08. The predicted molar refractivity (Wildman–Crippen MR) is 94.2 cm³/mol.